The third-order valence-electron chi connectivity index (χ3n) is 2.42. The molecule has 4 nitrogen and oxygen atoms in total. The van der Waals surface area contributed by atoms with Crippen LogP contribution in [-0.4, -0.2) is 20.8 Å². The first-order valence-corrected chi connectivity index (χ1v) is 5.05. The van der Waals surface area contributed by atoms with E-state index in [9.17, 15) is 13.2 Å². The van der Waals surface area contributed by atoms with Gasteiger partial charge in [-0.2, -0.15) is 18.3 Å². The van der Waals surface area contributed by atoms with Crippen LogP contribution in [0, 0.1) is 0 Å². The minimum atomic E-state index is -4.40. The van der Waals surface area contributed by atoms with Gasteiger partial charge >= 0.3 is 6.18 Å². The molecule has 2 aromatic heterocycles. The van der Waals surface area contributed by atoms with E-state index in [1.54, 1.807) is 0 Å². The molecule has 0 bridgehead atoms. The van der Waals surface area contributed by atoms with Gasteiger partial charge in [-0.1, -0.05) is 11.6 Å². The molecule has 2 rings (SSSR count). The van der Waals surface area contributed by atoms with Crippen molar-refractivity contribution in [1.82, 2.24) is 14.6 Å². The lowest BCUT2D eigenvalue weighted by Crippen LogP contribution is -2.22. The van der Waals surface area contributed by atoms with Crippen molar-refractivity contribution < 1.29 is 13.2 Å². The summed E-state index contributed by atoms with van der Waals surface area (Å²) in [5.41, 5.74) is 5.53. The number of hydrogen-bond acceptors (Lipinski definition) is 3. The van der Waals surface area contributed by atoms with Gasteiger partial charge in [0.15, 0.2) is 10.8 Å². The van der Waals surface area contributed by atoms with Gasteiger partial charge in [0.05, 0.1) is 23.5 Å². The van der Waals surface area contributed by atoms with Crippen LogP contribution in [0.15, 0.2) is 12.3 Å². The van der Waals surface area contributed by atoms with Gasteiger partial charge < -0.3 is 5.73 Å². The molecule has 2 N–H and O–H groups in total. The molecule has 17 heavy (non-hydrogen) atoms. The van der Waals surface area contributed by atoms with Crippen LogP contribution in [-0.2, 0) is 0 Å². The highest BCUT2D eigenvalue weighted by Crippen LogP contribution is 2.36. The summed E-state index contributed by atoms with van der Waals surface area (Å²) in [6.45, 7) is 1.01. The fraction of sp³-hybridized carbons (Fsp3) is 0.333. The lowest BCUT2D eigenvalue weighted by Gasteiger charge is -2.18. The maximum Gasteiger partial charge on any atom is 0.397 e. The first kappa shape index (κ1) is 12.0. The van der Waals surface area contributed by atoms with E-state index in [1.165, 1.54) is 12.3 Å². The van der Waals surface area contributed by atoms with Crippen molar-refractivity contribution >= 4 is 22.9 Å². The average Bonchev–Trinajstić information content (AvgIpc) is 2.56. The van der Waals surface area contributed by atoms with E-state index in [2.05, 4.69) is 10.1 Å². The minimum absolute atomic E-state index is 0.0675. The first-order valence-electron chi connectivity index (χ1n) is 4.67. The van der Waals surface area contributed by atoms with Gasteiger partial charge in [-0.05, 0) is 6.92 Å². The van der Waals surface area contributed by atoms with Crippen LogP contribution in [0.2, 0.25) is 5.15 Å². The molecule has 0 aliphatic rings. The molecular weight excluding hydrogens is 257 g/mol. The number of fused-ring (bicyclic) bond motifs is 1. The van der Waals surface area contributed by atoms with Gasteiger partial charge in [-0.25, -0.2) is 9.50 Å². The minimum Gasteiger partial charge on any atom is -0.396 e. The van der Waals surface area contributed by atoms with Gasteiger partial charge in [0.1, 0.15) is 0 Å². The van der Waals surface area contributed by atoms with Gasteiger partial charge in [-0.3, -0.25) is 0 Å². The van der Waals surface area contributed by atoms with E-state index in [1.807, 2.05) is 0 Å². The topological polar surface area (TPSA) is 56.2 Å². The first-order chi connectivity index (χ1) is 7.80. The molecule has 0 aliphatic carbocycles. The molecular formula is C9H8ClF3N4. The van der Waals surface area contributed by atoms with Gasteiger partial charge in [-0.15, -0.1) is 0 Å². The second kappa shape index (κ2) is 3.76. The molecule has 2 aromatic rings. The molecule has 1 atom stereocenters. The smallest absolute Gasteiger partial charge is 0.396 e. The van der Waals surface area contributed by atoms with Crippen molar-refractivity contribution in [3.63, 3.8) is 0 Å². The zero-order chi connectivity index (χ0) is 12.8. The Morgan fingerprint density at radius 2 is 2.12 bits per heavy atom. The molecule has 0 fully saturated rings. The molecule has 1 unspecified atom stereocenters. The summed E-state index contributed by atoms with van der Waals surface area (Å²) in [6.07, 6.45) is -3.23. The zero-order valence-electron chi connectivity index (χ0n) is 8.66. The molecule has 0 saturated heterocycles. The summed E-state index contributed by atoms with van der Waals surface area (Å²) in [4.78, 5) is 3.85. The molecule has 0 aliphatic heterocycles. The third kappa shape index (κ3) is 2.02. The lowest BCUT2D eigenvalue weighted by atomic mass is 10.1. The lowest BCUT2D eigenvalue weighted by molar-refractivity contribution is -0.147. The van der Waals surface area contributed by atoms with Crippen LogP contribution in [0.25, 0.3) is 5.65 Å². The van der Waals surface area contributed by atoms with Crippen LogP contribution in [0.1, 0.15) is 18.5 Å². The van der Waals surface area contributed by atoms with Gasteiger partial charge in [0.25, 0.3) is 0 Å². The molecule has 0 radical (unpaired) electrons. The van der Waals surface area contributed by atoms with Crippen molar-refractivity contribution in [1.29, 1.82) is 0 Å². The standard InChI is InChI=1S/C9H8ClF3N4/c1-4(9(11,12)13)8-5(14)3-15-7-2-6(10)16-17(7)8/h2-4H,14H2,1H3. The number of aromatic nitrogens is 3. The predicted molar refractivity (Wildman–Crippen MR) is 56.9 cm³/mol. The molecule has 0 spiro atoms. The molecule has 8 heteroatoms. The number of halogens is 4. The van der Waals surface area contributed by atoms with Crippen molar-refractivity contribution in [3.8, 4) is 0 Å². The van der Waals surface area contributed by atoms with E-state index in [-0.39, 0.29) is 22.2 Å². The Balaban J connectivity index is 2.70. The van der Waals surface area contributed by atoms with Gasteiger partial charge in [0, 0.05) is 6.07 Å². The zero-order valence-corrected chi connectivity index (χ0v) is 9.42. The Bertz CT molecular complexity index is 563. The van der Waals surface area contributed by atoms with E-state index in [4.69, 9.17) is 17.3 Å². The summed E-state index contributed by atoms with van der Waals surface area (Å²) in [7, 11) is 0. The maximum atomic E-state index is 12.7. The number of nitrogens with zero attached hydrogens (tertiary/aromatic N) is 3. The summed E-state index contributed by atoms with van der Waals surface area (Å²) in [6, 6.07) is 1.37. The van der Waals surface area contributed by atoms with Crippen molar-refractivity contribution in [2.45, 2.75) is 19.0 Å². The predicted octanol–water partition coefficient (Wildman–Crippen LogP) is 2.63. The van der Waals surface area contributed by atoms with Gasteiger partial charge in [0.2, 0.25) is 0 Å². The van der Waals surface area contributed by atoms with Crippen molar-refractivity contribution in [2.75, 3.05) is 5.73 Å². The molecule has 92 valence electrons. The number of nitrogens with two attached hydrogens (primary N) is 1. The summed E-state index contributed by atoms with van der Waals surface area (Å²) in [5.74, 6) is -1.75. The Morgan fingerprint density at radius 3 is 2.71 bits per heavy atom. The summed E-state index contributed by atoms with van der Waals surface area (Å²) >= 11 is 5.63. The van der Waals surface area contributed by atoms with Crippen LogP contribution in [0.5, 0.6) is 0 Å². The highest BCUT2D eigenvalue weighted by Gasteiger charge is 2.40. The fourth-order valence-electron chi connectivity index (χ4n) is 1.53. The Hall–Kier alpha value is -1.50. The Morgan fingerprint density at radius 1 is 1.47 bits per heavy atom. The Kier molecular flexibility index (Phi) is 2.65. The monoisotopic (exact) mass is 264 g/mol. The second-order valence-electron chi connectivity index (χ2n) is 3.60. The SMILES string of the molecule is CC(c1c(N)cnc2cc(Cl)nn12)C(F)(F)F. The van der Waals surface area contributed by atoms with E-state index in [0.717, 1.165) is 11.4 Å². The highest BCUT2D eigenvalue weighted by atomic mass is 35.5. The Labute approximate surface area is 99.2 Å². The highest BCUT2D eigenvalue weighted by molar-refractivity contribution is 6.29. The molecule has 0 aromatic carbocycles. The van der Waals surface area contributed by atoms with Crippen molar-refractivity contribution in [3.05, 3.63) is 23.1 Å². The van der Waals surface area contributed by atoms with E-state index < -0.39 is 12.1 Å². The van der Waals surface area contributed by atoms with E-state index in [0.29, 0.717) is 0 Å². The summed E-state index contributed by atoms with van der Waals surface area (Å²) in [5, 5.41) is 3.82. The molecule has 0 amide bonds. The number of alkyl halides is 3. The van der Waals surface area contributed by atoms with Crippen molar-refractivity contribution in [2.24, 2.45) is 0 Å². The largest absolute Gasteiger partial charge is 0.397 e. The van der Waals surface area contributed by atoms with Crippen LogP contribution >= 0.6 is 11.6 Å². The van der Waals surface area contributed by atoms with E-state index >= 15 is 0 Å². The summed E-state index contributed by atoms with van der Waals surface area (Å²) < 4.78 is 39.1. The third-order valence-corrected chi connectivity index (χ3v) is 2.61. The molecule has 0 saturated carbocycles. The second-order valence-corrected chi connectivity index (χ2v) is 3.99. The molecule has 2 heterocycles. The quantitative estimate of drug-likeness (QED) is 0.861. The van der Waals surface area contributed by atoms with Crippen LogP contribution < -0.4 is 5.73 Å². The number of hydrogen-bond donors (Lipinski definition) is 1. The fourth-order valence-corrected chi connectivity index (χ4v) is 1.70. The maximum absolute atomic E-state index is 12.7. The number of anilines is 1. The number of rotatable bonds is 1. The van der Waals surface area contributed by atoms with Crippen LogP contribution in [0.4, 0.5) is 18.9 Å². The van der Waals surface area contributed by atoms with Crippen LogP contribution in [0.3, 0.4) is 0 Å². The average molecular weight is 265 g/mol. The normalized spacial score (nSPS) is 14.2. The number of nitrogen functional groups attached to an aromatic ring is 1.